The number of hydrogen-bond acceptors (Lipinski definition) is 3. The third-order valence-corrected chi connectivity index (χ3v) is 1.30. The molecular formula is C6H5N3O. The third-order valence-electron chi connectivity index (χ3n) is 1.30. The fourth-order valence-electron chi connectivity index (χ4n) is 0.837. The first-order chi connectivity index (χ1) is 4.90. The van der Waals surface area contributed by atoms with Gasteiger partial charge in [0.2, 0.25) is 6.39 Å². The molecule has 0 fully saturated rings. The molecule has 0 radical (unpaired) electrons. The van der Waals surface area contributed by atoms with Crippen LogP contribution in [0.1, 0.15) is 5.56 Å². The van der Waals surface area contributed by atoms with E-state index in [1.165, 1.54) is 17.2 Å². The second kappa shape index (κ2) is 1.70. The van der Waals surface area contributed by atoms with Crippen molar-refractivity contribution in [2.24, 2.45) is 0 Å². The number of nitrogens with zero attached hydrogens (tertiary/aromatic N) is 2. The van der Waals surface area contributed by atoms with Crippen LogP contribution < -0.4 is 0 Å². The quantitative estimate of drug-likeness (QED) is 0.591. The largest absolute Gasteiger partial charge is 0.361 e. The minimum absolute atomic E-state index is 0.735. The minimum Gasteiger partial charge on any atom is -0.361 e. The van der Waals surface area contributed by atoms with E-state index in [4.69, 9.17) is 9.93 Å². The fraction of sp³-hybridized carbons (Fsp3) is 0. The number of hydrogen-bond donors (Lipinski definition) is 1. The smallest absolute Gasteiger partial charge is 0.211 e. The summed E-state index contributed by atoms with van der Waals surface area (Å²) in [5.74, 6) is 0. The van der Waals surface area contributed by atoms with Gasteiger partial charge >= 0.3 is 0 Å². The topological polar surface area (TPSA) is 54.3 Å². The van der Waals surface area contributed by atoms with Crippen molar-refractivity contribution in [1.82, 2.24) is 9.56 Å². The first-order valence-corrected chi connectivity index (χ1v) is 2.83. The van der Waals surface area contributed by atoms with E-state index in [1.807, 2.05) is 0 Å². The van der Waals surface area contributed by atoms with Crippen LogP contribution in [-0.2, 0) is 0 Å². The van der Waals surface area contributed by atoms with Crippen molar-refractivity contribution < 1.29 is 4.52 Å². The molecule has 0 aliphatic rings. The molecule has 0 bridgehead atoms. The zero-order valence-corrected chi connectivity index (χ0v) is 5.11. The van der Waals surface area contributed by atoms with E-state index < -0.39 is 0 Å². The Labute approximate surface area is 56.6 Å². The lowest BCUT2D eigenvalue weighted by molar-refractivity contribution is 0.374. The van der Waals surface area contributed by atoms with Crippen LogP contribution in [-0.4, -0.2) is 15.8 Å². The van der Waals surface area contributed by atoms with Gasteiger partial charge in [-0.05, 0) is 6.07 Å². The molecule has 0 aromatic carbocycles. The van der Waals surface area contributed by atoms with Crippen molar-refractivity contribution in [2.45, 2.75) is 0 Å². The van der Waals surface area contributed by atoms with Crippen LogP contribution in [0, 0.1) is 5.41 Å². The van der Waals surface area contributed by atoms with Gasteiger partial charge in [-0.2, -0.15) is 9.56 Å². The van der Waals surface area contributed by atoms with Crippen LogP contribution in [0.15, 0.2) is 23.2 Å². The van der Waals surface area contributed by atoms with Crippen LogP contribution in [0.25, 0.3) is 5.65 Å². The van der Waals surface area contributed by atoms with Crippen LogP contribution in [0.2, 0.25) is 0 Å². The van der Waals surface area contributed by atoms with Gasteiger partial charge in [0.25, 0.3) is 0 Å². The summed E-state index contributed by atoms with van der Waals surface area (Å²) in [5, 5.41) is 6.91. The Morgan fingerprint density at radius 3 is 3.30 bits per heavy atom. The van der Waals surface area contributed by atoms with E-state index in [-0.39, 0.29) is 0 Å². The van der Waals surface area contributed by atoms with Gasteiger partial charge in [0.05, 0.1) is 6.20 Å². The molecular weight excluding hydrogens is 130 g/mol. The number of aromatic nitrogens is 2. The Hall–Kier alpha value is -1.58. The summed E-state index contributed by atoms with van der Waals surface area (Å²) in [6, 6.07) is 1.77. The predicted molar refractivity (Wildman–Crippen MR) is 35.3 cm³/mol. The third kappa shape index (κ3) is 0.556. The molecule has 0 aliphatic carbocycles. The van der Waals surface area contributed by atoms with Gasteiger partial charge in [0, 0.05) is 11.8 Å². The molecule has 4 heteroatoms. The highest BCUT2D eigenvalue weighted by atomic mass is 16.5. The molecule has 1 N–H and O–H groups in total. The van der Waals surface area contributed by atoms with Crippen molar-refractivity contribution in [3.8, 4) is 0 Å². The summed E-state index contributed by atoms with van der Waals surface area (Å²) in [4.78, 5) is 3.88. The second-order valence-corrected chi connectivity index (χ2v) is 1.94. The lowest BCUT2D eigenvalue weighted by atomic mass is 10.4. The summed E-state index contributed by atoms with van der Waals surface area (Å²) in [7, 11) is 0. The van der Waals surface area contributed by atoms with Crippen LogP contribution >= 0.6 is 0 Å². The summed E-state index contributed by atoms with van der Waals surface area (Å²) in [6.07, 6.45) is 4.32. The highest BCUT2D eigenvalue weighted by Crippen LogP contribution is 2.04. The molecule has 0 unspecified atom stereocenters. The minimum atomic E-state index is 0.735. The molecule has 2 heterocycles. The van der Waals surface area contributed by atoms with Crippen LogP contribution in [0.5, 0.6) is 0 Å². The zero-order chi connectivity index (χ0) is 6.97. The molecule has 2 rings (SSSR count). The van der Waals surface area contributed by atoms with Gasteiger partial charge in [-0.3, -0.25) is 0 Å². The summed E-state index contributed by atoms with van der Waals surface area (Å²) in [6.45, 7) is 0. The number of fused-ring (bicyclic) bond motifs is 1. The highest BCUT2D eigenvalue weighted by Gasteiger charge is 1.97. The van der Waals surface area contributed by atoms with Gasteiger partial charge < -0.3 is 9.93 Å². The maximum Gasteiger partial charge on any atom is 0.211 e. The summed E-state index contributed by atoms with van der Waals surface area (Å²) in [5.41, 5.74) is 1.53. The Morgan fingerprint density at radius 2 is 2.60 bits per heavy atom. The van der Waals surface area contributed by atoms with E-state index in [2.05, 4.69) is 4.98 Å². The lowest BCUT2D eigenvalue weighted by Gasteiger charge is -1.74. The Kier molecular flexibility index (Phi) is 0.887. The molecule has 50 valence electrons. The average Bonchev–Trinajstić information content (AvgIpc) is 2.42. The Balaban J connectivity index is 2.78. The van der Waals surface area contributed by atoms with E-state index in [9.17, 15) is 0 Å². The normalized spacial score (nSPS) is 10.4. The SMILES string of the molecule is N=Cc1cc2ncon2c1. The lowest BCUT2D eigenvalue weighted by Crippen LogP contribution is -1.71. The van der Waals surface area contributed by atoms with E-state index >= 15 is 0 Å². The van der Waals surface area contributed by atoms with Crippen molar-refractivity contribution in [1.29, 1.82) is 5.41 Å². The molecule has 2 aromatic heterocycles. The molecule has 0 spiro atoms. The summed E-state index contributed by atoms with van der Waals surface area (Å²) < 4.78 is 6.42. The van der Waals surface area contributed by atoms with Crippen molar-refractivity contribution >= 4 is 11.9 Å². The fourth-order valence-corrected chi connectivity index (χ4v) is 0.837. The van der Waals surface area contributed by atoms with Crippen LogP contribution in [0.3, 0.4) is 0 Å². The molecule has 4 nitrogen and oxygen atoms in total. The molecule has 0 atom stereocenters. The number of nitrogens with one attached hydrogen (secondary N) is 1. The Morgan fingerprint density at radius 1 is 1.70 bits per heavy atom. The predicted octanol–water partition coefficient (Wildman–Crippen LogP) is 0.925. The van der Waals surface area contributed by atoms with Gasteiger partial charge in [-0.25, -0.2) is 0 Å². The average molecular weight is 135 g/mol. The Bertz CT molecular complexity index is 331. The van der Waals surface area contributed by atoms with Gasteiger partial charge in [0.15, 0.2) is 5.65 Å². The van der Waals surface area contributed by atoms with Crippen molar-refractivity contribution in [3.63, 3.8) is 0 Å². The molecule has 0 aliphatic heterocycles. The van der Waals surface area contributed by atoms with E-state index in [1.54, 1.807) is 12.3 Å². The molecule has 0 amide bonds. The first-order valence-electron chi connectivity index (χ1n) is 2.83. The zero-order valence-electron chi connectivity index (χ0n) is 5.11. The standard InChI is InChI=1S/C6H5N3O/c7-2-5-1-6-8-4-10-9(6)3-5/h1-4,7H. The molecule has 2 aromatic rings. The van der Waals surface area contributed by atoms with Crippen LogP contribution in [0.4, 0.5) is 0 Å². The van der Waals surface area contributed by atoms with Gasteiger partial charge in [-0.15, -0.1) is 0 Å². The van der Waals surface area contributed by atoms with E-state index in [0.29, 0.717) is 0 Å². The van der Waals surface area contributed by atoms with Gasteiger partial charge in [-0.1, -0.05) is 0 Å². The molecule has 0 saturated heterocycles. The first kappa shape index (κ1) is 5.22. The maximum absolute atomic E-state index is 6.91. The maximum atomic E-state index is 6.91. The second-order valence-electron chi connectivity index (χ2n) is 1.94. The monoisotopic (exact) mass is 135 g/mol. The summed E-state index contributed by atoms with van der Waals surface area (Å²) >= 11 is 0. The molecule has 10 heavy (non-hydrogen) atoms. The van der Waals surface area contributed by atoms with E-state index in [0.717, 1.165) is 11.2 Å². The highest BCUT2D eigenvalue weighted by molar-refractivity contribution is 5.78. The molecule has 0 saturated carbocycles. The van der Waals surface area contributed by atoms with Crippen molar-refractivity contribution in [2.75, 3.05) is 0 Å². The number of rotatable bonds is 1. The van der Waals surface area contributed by atoms with Gasteiger partial charge in [0.1, 0.15) is 0 Å². The van der Waals surface area contributed by atoms with Crippen molar-refractivity contribution in [3.05, 3.63) is 24.2 Å².